The SMILES string of the molecule is O=C(Nc1cccc(-c2nnn(CC(=O)N3CCc4ccccc4C3)n2)c1)c1cccs1. The fourth-order valence-electron chi connectivity index (χ4n) is 3.69. The Hall–Kier alpha value is -3.85. The van der Waals surface area contributed by atoms with Crippen molar-refractivity contribution in [2.45, 2.75) is 19.5 Å². The molecule has 3 heterocycles. The van der Waals surface area contributed by atoms with Gasteiger partial charge in [-0.15, -0.1) is 21.5 Å². The first-order valence-corrected chi connectivity index (χ1v) is 11.1. The zero-order valence-electron chi connectivity index (χ0n) is 17.1. The van der Waals surface area contributed by atoms with E-state index < -0.39 is 0 Å². The number of rotatable bonds is 5. The highest BCUT2D eigenvalue weighted by Crippen LogP contribution is 2.21. The van der Waals surface area contributed by atoms with Crippen molar-refractivity contribution < 1.29 is 9.59 Å². The number of carbonyl (C=O) groups is 2. The quantitative estimate of drug-likeness (QED) is 0.510. The summed E-state index contributed by atoms with van der Waals surface area (Å²) in [4.78, 5) is 28.8. The minimum absolute atomic E-state index is 0.0317. The second-order valence-electron chi connectivity index (χ2n) is 7.49. The van der Waals surface area contributed by atoms with Gasteiger partial charge in [0.15, 0.2) is 0 Å². The topological polar surface area (TPSA) is 93.0 Å². The molecular weight excluding hydrogens is 424 g/mol. The average Bonchev–Trinajstić information content (AvgIpc) is 3.52. The van der Waals surface area contributed by atoms with Crippen LogP contribution < -0.4 is 5.32 Å². The van der Waals surface area contributed by atoms with E-state index in [1.165, 1.54) is 27.3 Å². The van der Waals surface area contributed by atoms with Gasteiger partial charge in [-0.1, -0.05) is 42.5 Å². The Kier molecular flexibility index (Phi) is 5.47. The highest BCUT2D eigenvalue weighted by atomic mass is 32.1. The number of carbonyl (C=O) groups excluding carboxylic acids is 2. The Balaban J connectivity index is 1.25. The smallest absolute Gasteiger partial charge is 0.265 e. The van der Waals surface area contributed by atoms with Crippen LogP contribution in [0.4, 0.5) is 5.69 Å². The van der Waals surface area contributed by atoms with Gasteiger partial charge in [-0.3, -0.25) is 9.59 Å². The number of amides is 2. The molecule has 1 aliphatic rings. The standard InChI is InChI=1S/C23H20N6O2S/c30-21(28-11-10-16-5-1-2-6-18(16)14-28)15-29-26-22(25-27-29)17-7-3-8-19(13-17)24-23(31)20-9-4-12-32-20/h1-9,12-13H,10-11,14-15H2,(H,24,31). The monoisotopic (exact) mass is 444 g/mol. The molecule has 0 atom stereocenters. The maximum absolute atomic E-state index is 12.8. The van der Waals surface area contributed by atoms with Crippen molar-refractivity contribution in [3.63, 3.8) is 0 Å². The zero-order valence-corrected chi connectivity index (χ0v) is 18.0. The first-order chi connectivity index (χ1) is 15.7. The lowest BCUT2D eigenvalue weighted by molar-refractivity contribution is -0.133. The second-order valence-corrected chi connectivity index (χ2v) is 8.44. The largest absolute Gasteiger partial charge is 0.336 e. The highest BCUT2D eigenvalue weighted by molar-refractivity contribution is 7.12. The van der Waals surface area contributed by atoms with Crippen molar-refractivity contribution in [1.29, 1.82) is 0 Å². The van der Waals surface area contributed by atoms with E-state index in [-0.39, 0.29) is 18.4 Å². The molecule has 0 bridgehead atoms. The normalized spacial score (nSPS) is 12.9. The van der Waals surface area contributed by atoms with Crippen LogP contribution in [0, 0.1) is 0 Å². The van der Waals surface area contributed by atoms with E-state index in [1.807, 2.05) is 40.6 Å². The second kappa shape index (κ2) is 8.72. The lowest BCUT2D eigenvalue weighted by Crippen LogP contribution is -2.38. The molecule has 1 aliphatic heterocycles. The number of fused-ring (bicyclic) bond motifs is 1. The summed E-state index contributed by atoms with van der Waals surface area (Å²) in [6, 6.07) is 19.0. The predicted octanol–water partition coefficient (Wildman–Crippen LogP) is 3.24. The van der Waals surface area contributed by atoms with Gasteiger partial charge >= 0.3 is 0 Å². The van der Waals surface area contributed by atoms with Crippen LogP contribution in [0.2, 0.25) is 0 Å². The van der Waals surface area contributed by atoms with Crippen LogP contribution in [0.1, 0.15) is 20.8 Å². The van der Waals surface area contributed by atoms with Crippen LogP contribution in [-0.4, -0.2) is 43.5 Å². The van der Waals surface area contributed by atoms with Gasteiger partial charge in [-0.25, -0.2) is 0 Å². The fraction of sp³-hybridized carbons (Fsp3) is 0.174. The van der Waals surface area contributed by atoms with Gasteiger partial charge in [0, 0.05) is 24.3 Å². The number of benzene rings is 2. The molecule has 0 spiro atoms. The summed E-state index contributed by atoms with van der Waals surface area (Å²) in [5.74, 6) is 0.192. The molecule has 1 N–H and O–H groups in total. The lowest BCUT2D eigenvalue weighted by atomic mass is 10.00. The van der Waals surface area contributed by atoms with Gasteiger partial charge in [0.2, 0.25) is 11.7 Å². The van der Waals surface area contributed by atoms with Crippen molar-refractivity contribution in [2.75, 3.05) is 11.9 Å². The van der Waals surface area contributed by atoms with Crippen molar-refractivity contribution in [3.05, 3.63) is 82.0 Å². The number of thiophene rings is 1. The van der Waals surface area contributed by atoms with Crippen LogP contribution in [0.3, 0.4) is 0 Å². The molecule has 2 aromatic carbocycles. The molecule has 4 aromatic rings. The van der Waals surface area contributed by atoms with E-state index in [9.17, 15) is 9.59 Å². The molecule has 0 saturated heterocycles. The minimum Gasteiger partial charge on any atom is -0.336 e. The molecule has 2 aromatic heterocycles. The van der Waals surface area contributed by atoms with Crippen LogP contribution >= 0.6 is 11.3 Å². The Bertz CT molecular complexity index is 1270. The van der Waals surface area contributed by atoms with E-state index in [4.69, 9.17) is 0 Å². The summed E-state index contributed by atoms with van der Waals surface area (Å²) in [5.41, 5.74) is 3.82. The first-order valence-electron chi connectivity index (χ1n) is 10.2. The maximum atomic E-state index is 12.8. The molecule has 0 radical (unpaired) electrons. The first kappa shape index (κ1) is 20.1. The summed E-state index contributed by atoms with van der Waals surface area (Å²) in [5, 5.41) is 17.2. The maximum Gasteiger partial charge on any atom is 0.265 e. The van der Waals surface area contributed by atoms with Gasteiger partial charge in [0.05, 0.1) is 4.88 Å². The van der Waals surface area contributed by atoms with Gasteiger partial charge in [0.1, 0.15) is 6.54 Å². The number of aromatic nitrogens is 4. The van der Waals surface area contributed by atoms with Crippen molar-refractivity contribution in [1.82, 2.24) is 25.1 Å². The molecule has 32 heavy (non-hydrogen) atoms. The van der Waals surface area contributed by atoms with E-state index in [0.717, 1.165) is 6.42 Å². The Morgan fingerprint density at radius 1 is 1.03 bits per heavy atom. The Morgan fingerprint density at radius 3 is 2.75 bits per heavy atom. The molecule has 0 aliphatic carbocycles. The summed E-state index contributed by atoms with van der Waals surface area (Å²) >= 11 is 1.38. The van der Waals surface area contributed by atoms with E-state index in [1.54, 1.807) is 18.2 Å². The number of nitrogens with zero attached hydrogens (tertiary/aromatic N) is 5. The number of nitrogens with one attached hydrogen (secondary N) is 1. The van der Waals surface area contributed by atoms with E-state index in [0.29, 0.717) is 35.0 Å². The number of hydrogen-bond acceptors (Lipinski definition) is 6. The molecule has 2 amide bonds. The molecule has 160 valence electrons. The summed E-state index contributed by atoms with van der Waals surface area (Å²) in [6.45, 7) is 1.32. The molecule has 0 unspecified atom stereocenters. The van der Waals surface area contributed by atoms with Crippen molar-refractivity contribution in [2.24, 2.45) is 0 Å². The third-order valence-electron chi connectivity index (χ3n) is 5.34. The summed E-state index contributed by atoms with van der Waals surface area (Å²) in [7, 11) is 0. The van der Waals surface area contributed by atoms with Crippen LogP contribution in [-0.2, 0) is 24.3 Å². The Morgan fingerprint density at radius 2 is 1.91 bits per heavy atom. The third-order valence-corrected chi connectivity index (χ3v) is 6.21. The van der Waals surface area contributed by atoms with Crippen LogP contribution in [0.5, 0.6) is 0 Å². The van der Waals surface area contributed by atoms with Crippen LogP contribution in [0.15, 0.2) is 66.0 Å². The van der Waals surface area contributed by atoms with Gasteiger partial charge < -0.3 is 10.2 Å². The summed E-state index contributed by atoms with van der Waals surface area (Å²) < 4.78 is 0. The Labute approximate surface area is 188 Å². The molecule has 0 fully saturated rings. The van der Waals surface area contributed by atoms with Gasteiger partial charge in [-0.05, 0) is 46.3 Å². The zero-order chi connectivity index (χ0) is 21.9. The minimum atomic E-state index is -0.164. The van der Waals surface area contributed by atoms with E-state index >= 15 is 0 Å². The van der Waals surface area contributed by atoms with Crippen molar-refractivity contribution >= 4 is 28.8 Å². The molecule has 9 heteroatoms. The fourth-order valence-corrected chi connectivity index (χ4v) is 4.31. The molecule has 0 saturated carbocycles. The van der Waals surface area contributed by atoms with E-state index in [2.05, 4.69) is 32.9 Å². The lowest BCUT2D eigenvalue weighted by Gasteiger charge is -2.28. The highest BCUT2D eigenvalue weighted by Gasteiger charge is 2.21. The third kappa shape index (κ3) is 4.28. The molecule has 5 rings (SSSR count). The molecular formula is C23H20N6O2S. The molecule has 8 nitrogen and oxygen atoms in total. The van der Waals surface area contributed by atoms with Crippen LogP contribution in [0.25, 0.3) is 11.4 Å². The average molecular weight is 445 g/mol. The van der Waals surface area contributed by atoms with Crippen molar-refractivity contribution in [3.8, 4) is 11.4 Å². The summed E-state index contributed by atoms with van der Waals surface area (Å²) in [6.07, 6.45) is 0.849. The van der Waals surface area contributed by atoms with Gasteiger partial charge in [-0.2, -0.15) is 4.80 Å². The number of tetrazole rings is 1. The number of anilines is 1. The van der Waals surface area contributed by atoms with Gasteiger partial charge in [0.25, 0.3) is 5.91 Å². The number of hydrogen-bond donors (Lipinski definition) is 1. The predicted molar refractivity (Wildman–Crippen MR) is 121 cm³/mol.